The molecule has 1 heterocycles. The van der Waals surface area contributed by atoms with Crippen molar-refractivity contribution in [3.8, 4) is 5.75 Å². The molecule has 5 heteroatoms. The summed E-state index contributed by atoms with van der Waals surface area (Å²) in [6.07, 6.45) is -0.392. The van der Waals surface area contributed by atoms with Crippen LogP contribution in [0.1, 0.15) is 0 Å². The van der Waals surface area contributed by atoms with Crippen LogP contribution < -0.4 is 4.74 Å². The van der Waals surface area contributed by atoms with Crippen LogP contribution in [0, 0.1) is 0 Å². The van der Waals surface area contributed by atoms with Gasteiger partial charge >= 0.3 is 6.09 Å². The lowest BCUT2D eigenvalue weighted by molar-refractivity contribution is 0.180. The standard InChI is InChI=1S/C10H9NO2S2/c12-9(11-6-7-15-10(11)14)13-8-4-2-1-3-5-8/h1-5H,6-7H2. The van der Waals surface area contributed by atoms with Crippen LogP contribution in [-0.2, 0) is 0 Å². The first-order valence-corrected chi connectivity index (χ1v) is 5.88. The monoisotopic (exact) mass is 239 g/mol. The van der Waals surface area contributed by atoms with Gasteiger partial charge in [0.25, 0.3) is 0 Å². The normalized spacial score (nSPS) is 15.5. The van der Waals surface area contributed by atoms with Gasteiger partial charge in [0.1, 0.15) is 10.1 Å². The van der Waals surface area contributed by atoms with E-state index in [9.17, 15) is 4.79 Å². The molecule has 1 aliphatic rings. The van der Waals surface area contributed by atoms with E-state index in [0.717, 1.165) is 5.75 Å². The minimum absolute atomic E-state index is 0.392. The zero-order chi connectivity index (χ0) is 10.7. The Morgan fingerprint density at radius 1 is 1.40 bits per heavy atom. The van der Waals surface area contributed by atoms with Crippen molar-refractivity contribution in [3.63, 3.8) is 0 Å². The molecule has 78 valence electrons. The Labute approximate surface area is 97.4 Å². The van der Waals surface area contributed by atoms with Crippen molar-refractivity contribution in [1.82, 2.24) is 4.90 Å². The van der Waals surface area contributed by atoms with E-state index in [1.165, 1.54) is 16.7 Å². The van der Waals surface area contributed by atoms with Crippen LogP contribution in [0.4, 0.5) is 4.79 Å². The topological polar surface area (TPSA) is 29.5 Å². The summed E-state index contributed by atoms with van der Waals surface area (Å²) in [5.74, 6) is 1.39. The predicted molar refractivity (Wildman–Crippen MR) is 64.2 cm³/mol. The van der Waals surface area contributed by atoms with Gasteiger partial charge in [0.15, 0.2) is 0 Å². The first-order chi connectivity index (χ1) is 7.27. The number of amides is 1. The second kappa shape index (κ2) is 4.63. The molecule has 2 rings (SSSR count). The number of thioether (sulfide) groups is 1. The average Bonchev–Trinajstić information content (AvgIpc) is 2.66. The summed E-state index contributed by atoms with van der Waals surface area (Å²) in [5, 5.41) is 0. The van der Waals surface area contributed by atoms with Crippen molar-refractivity contribution in [2.45, 2.75) is 0 Å². The van der Waals surface area contributed by atoms with Gasteiger partial charge in [-0.3, -0.25) is 4.90 Å². The number of thiocarbonyl (C=S) groups is 1. The first-order valence-electron chi connectivity index (χ1n) is 4.48. The third-order valence-electron chi connectivity index (χ3n) is 1.93. The molecule has 0 saturated carbocycles. The summed E-state index contributed by atoms with van der Waals surface area (Å²) in [6.45, 7) is 0.634. The molecule has 1 fully saturated rings. The molecule has 15 heavy (non-hydrogen) atoms. The molecule has 0 bridgehead atoms. The third-order valence-corrected chi connectivity index (χ3v) is 3.36. The van der Waals surface area contributed by atoms with Crippen molar-refractivity contribution in [2.24, 2.45) is 0 Å². The summed E-state index contributed by atoms with van der Waals surface area (Å²) in [4.78, 5) is 13.1. The lowest BCUT2D eigenvalue weighted by atomic mass is 10.3. The van der Waals surface area contributed by atoms with Crippen molar-refractivity contribution in [2.75, 3.05) is 12.3 Å². The Morgan fingerprint density at radius 2 is 2.13 bits per heavy atom. The van der Waals surface area contributed by atoms with E-state index < -0.39 is 6.09 Å². The van der Waals surface area contributed by atoms with Gasteiger partial charge in [-0.15, -0.1) is 0 Å². The highest BCUT2D eigenvalue weighted by molar-refractivity contribution is 8.23. The highest BCUT2D eigenvalue weighted by Crippen LogP contribution is 2.19. The maximum absolute atomic E-state index is 11.6. The number of carbonyl (C=O) groups is 1. The molecular formula is C10H9NO2S2. The molecule has 1 aliphatic heterocycles. The molecule has 1 saturated heterocycles. The van der Waals surface area contributed by atoms with Crippen LogP contribution in [0.15, 0.2) is 30.3 Å². The van der Waals surface area contributed by atoms with Crippen molar-refractivity contribution in [3.05, 3.63) is 30.3 Å². The van der Waals surface area contributed by atoms with Gasteiger partial charge in [0.2, 0.25) is 0 Å². The zero-order valence-corrected chi connectivity index (χ0v) is 9.51. The lowest BCUT2D eigenvalue weighted by Crippen LogP contribution is -2.33. The fourth-order valence-corrected chi connectivity index (χ4v) is 2.39. The second-order valence-electron chi connectivity index (χ2n) is 2.95. The summed E-state index contributed by atoms with van der Waals surface area (Å²) in [7, 11) is 0. The Balaban J connectivity index is 2.01. The Kier molecular flexibility index (Phi) is 3.23. The summed E-state index contributed by atoms with van der Waals surface area (Å²) < 4.78 is 5.75. The fourth-order valence-electron chi connectivity index (χ4n) is 1.20. The van der Waals surface area contributed by atoms with E-state index in [4.69, 9.17) is 17.0 Å². The summed E-state index contributed by atoms with van der Waals surface area (Å²) >= 11 is 6.52. The fraction of sp³-hybridized carbons (Fsp3) is 0.200. The van der Waals surface area contributed by atoms with E-state index >= 15 is 0 Å². The van der Waals surface area contributed by atoms with Crippen LogP contribution in [0.2, 0.25) is 0 Å². The molecule has 0 radical (unpaired) electrons. The first kappa shape index (κ1) is 10.4. The average molecular weight is 239 g/mol. The second-order valence-corrected chi connectivity index (χ2v) is 4.68. The van der Waals surface area contributed by atoms with E-state index in [1.54, 1.807) is 12.1 Å². The molecule has 0 atom stereocenters. The maximum atomic E-state index is 11.6. The third kappa shape index (κ3) is 2.49. The zero-order valence-electron chi connectivity index (χ0n) is 7.88. The van der Waals surface area contributed by atoms with E-state index in [-0.39, 0.29) is 0 Å². The number of para-hydroxylation sites is 1. The predicted octanol–water partition coefficient (Wildman–Crippen LogP) is 2.52. The molecule has 0 aliphatic carbocycles. The number of hydrogen-bond acceptors (Lipinski definition) is 4. The van der Waals surface area contributed by atoms with E-state index in [0.29, 0.717) is 16.6 Å². The van der Waals surface area contributed by atoms with Crippen LogP contribution in [0.5, 0.6) is 5.75 Å². The van der Waals surface area contributed by atoms with Crippen molar-refractivity contribution >= 4 is 34.4 Å². The number of carbonyl (C=O) groups excluding carboxylic acids is 1. The minimum Gasteiger partial charge on any atom is -0.410 e. The SMILES string of the molecule is O=C(Oc1ccccc1)N1CCSC1=S. The maximum Gasteiger partial charge on any atom is 0.420 e. The van der Waals surface area contributed by atoms with Crippen LogP contribution in [-0.4, -0.2) is 27.6 Å². The van der Waals surface area contributed by atoms with Gasteiger partial charge < -0.3 is 4.74 Å². The van der Waals surface area contributed by atoms with Gasteiger partial charge in [-0.05, 0) is 12.1 Å². The van der Waals surface area contributed by atoms with E-state index in [2.05, 4.69) is 0 Å². The van der Waals surface area contributed by atoms with Gasteiger partial charge in [-0.25, -0.2) is 4.79 Å². The van der Waals surface area contributed by atoms with Gasteiger partial charge in [0.05, 0.1) is 0 Å². The number of ether oxygens (including phenoxy) is 1. The van der Waals surface area contributed by atoms with Crippen molar-refractivity contribution in [1.29, 1.82) is 0 Å². The Bertz CT molecular complexity index is 380. The van der Waals surface area contributed by atoms with Crippen molar-refractivity contribution < 1.29 is 9.53 Å². The molecule has 1 aromatic rings. The van der Waals surface area contributed by atoms with E-state index in [1.807, 2.05) is 18.2 Å². The Morgan fingerprint density at radius 3 is 2.73 bits per heavy atom. The van der Waals surface area contributed by atoms with Crippen LogP contribution >= 0.6 is 24.0 Å². The smallest absolute Gasteiger partial charge is 0.410 e. The molecule has 1 amide bonds. The van der Waals surface area contributed by atoms with Gasteiger partial charge in [-0.1, -0.05) is 42.2 Å². The number of hydrogen-bond donors (Lipinski definition) is 0. The molecule has 0 unspecified atom stereocenters. The summed E-state index contributed by atoms with van der Waals surface area (Å²) in [5.41, 5.74) is 0. The molecule has 1 aromatic carbocycles. The lowest BCUT2D eigenvalue weighted by Gasteiger charge is -2.13. The van der Waals surface area contributed by atoms with Crippen LogP contribution in [0.25, 0.3) is 0 Å². The Hall–Kier alpha value is -1.07. The highest BCUT2D eigenvalue weighted by atomic mass is 32.2. The quantitative estimate of drug-likeness (QED) is 0.704. The molecule has 3 nitrogen and oxygen atoms in total. The minimum atomic E-state index is -0.392. The number of nitrogens with zero attached hydrogens (tertiary/aromatic N) is 1. The summed E-state index contributed by atoms with van der Waals surface area (Å²) in [6, 6.07) is 8.99. The molecule has 0 spiro atoms. The molecular weight excluding hydrogens is 230 g/mol. The number of benzene rings is 1. The van der Waals surface area contributed by atoms with Crippen LogP contribution in [0.3, 0.4) is 0 Å². The highest BCUT2D eigenvalue weighted by Gasteiger charge is 2.25. The molecule has 0 N–H and O–H groups in total. The van der Waals surface area contributed by atoms with Gasteiger partial charge in [0, 0.05) is 12.3 Å². The van der Waals surface area contributed by atoms with Gasteiger partial charge in [-0.2, -0.15) is 0 Å². The number of rotatable bonds is 1. The largest absolute Gasteiger partial charge is 0.420 e. The molecule has 0 aromatic heterocycles.